The molecule has 28 heavy (non-hydrogen) atoms. The first-order valence-electron chi connectivity index (χ1n) is 10.4. The van der Waals surface area contributed by atoms with Gasteiger partial charge in [0.1, 0.15) is 5.75 Å². The van der Waals surface area contributed by atoms with Crippen molar-refractivity contribution in [3.8, 4) is 16.9 Å². The van der Waals surface area contributed by atoms with Crippen LogP contribution in [0.3, 0.4) is 0 Å². The van der Waals surface area contributed by atoms with Gasteiger partial charge in [-0.25, -0.2) is 0 Å². The minimum atomic E-state index is -2.61. The Bertz CT molecular complexity index is 673. The van der Waals surface area contributed by atoms with Crippen molar-refractivity contribution in [2.24, 2.45) is 0 Å². The van der Waals surface area contributed by atoms with Crippen LogP contribution in [-0.2, 0) is 19.7 Å². The summed E-state index contributed by atoms with van der Waals surface area (Å²) in [7, 11) is -2.61. The van der Waals surface area contributed by atoms with Crippen molar-refractivity contribution in [1.82, 2.24) is 0 Å². The molecule has 0 aliphatic rings. The lowest BCUT2D eigenvalue weighted by Gasteiger charge is -2.28. The highest BCUT2D eigenvalue weighted by Gasteiger charge is 2.39. The molecule has 154 valence electrons. The Kier molecular flexibility index (Phi) is 9.71. The van der Waals surface area contributed by atoms with Crippen LogP contribution in [0.1, 0.15) is 39.7 Å². The highest BCUT2D eigenvalue weighted by atomic mass is 28.4. The number of aryl methyl sites for hydroxylation is 1. The van der Waals surface area contributed by atoms with Crippen LogP contribution in [0.4, 0.5) is 0 Å². The molecule has 0 heterocycles. The summed E-state index contributed by atoms with van der Waals surface area (Å²) in [6.45, 7) is 10.5. The second-order valence-corrected chi connectivity index (χ2v) is 9.18. The molecule has 0 atom stereocenters. The molecule has 0 spiro atoms. The fourth-order valence-corrected chi connectivity index (χ4v) is 5.92. The van der Waals surface area contributed by atoms with Crippen LogP contribution < -0.4 is 4.74 Å². The topological polar surface area (TPSA) is 36.9 Å². The molecule has 0 amide bonds. The van der Waals surface area contributed by atoms with Gasteiger partial charge in [0.25, 0.3) is 0 Å². The fourth-order valence-electron chi connectivity index (χ4n) is 3.34. The number of benzene rings is 2. The van der Waals surface area contributed by atoms with Crippen molar-refractivity contribution in [2.45, 2.75) is 46.6 Å². The summed E-state index contributed by atoms with van der Waals surface area (Å²) < 4.78 is 24.1. The minimum absolute atomic E-state index is 0.601. The SMILES string of the molecule is CCO[Si](CCCOc1c(CC)cccc1-c1ccccc1)(OCC)OCC. The van der Waals surface area contributed by atoms with Crippen LogP contribution >= 0.6 is 0 Å². The maximum Gasteiger partial charge on any atom is 0.501 e. The molecule has 0 aliphatic heterocycles. The highest BCUT2D eigenvalue weighted by Crippen LogP contribution is 2.34. The summed E-state index contributed by atoms with van der Waals surface area (Å²) in [4.78, 5) is 0. The van der Waals surface area contributed by atoms with Crippen molar-refractivity contribution in [3.05, 3.63) is 54.1 Å². The molecule has 4 nitrogen and oxygen atoms in total. The zero-order valence-corrected chi connectivity index (χ0v) is 18.7. The summed E-state index contributed by atoms with van der Waals surface area (Å²) in [5.41, 5.74) is 3.54. The van der Waals surface area contributed by atoms with E-state index in [0.717, 1.165) is 30.2 Å². The number of hydrogen-bond acceptors (Lipinski definition) is 4. The Hall–Kier alpha value is -1.66. The second-order valence-electron chi connectivity index (χ2n) is 6.45. The first-order valence-corrected chi connectivity index (χ1v) is 12.3. The van der Waals surface area contributed by atoms with Crippen molar-refractivity contribution in [3.63, 3.8) is 0 Å². The van der Waals surface area contributed by atoms with E-state index in [1.807, 2.05) is 26.8 Å². The lowest BCUT2D eigenvalue weighted by atomic mass is 10.0. The fraction of sp³-hybridized carbons (Fsp3) is 0.478. The van der Waals surface area contributed by atoms with Gasteiger partial charge in [0, 0.05) is 31.4 Å². The Morgan fingerprint density at radius 3 is 1.96 bits per heavy atom. The van der Waals surface area contributed by atoms with Gasteiger partial charge in [-0.3, -0.25) is 0 Å². The Morgan fingerprint density at radius 1 is 0.750 bits per heavy atom. The molecule has 0 aromatic heterocycles. The molecule has 0 saturated heterocycles. The second kappa shape index (κ2) is 12.0. The van der Waals surface area contributed by atoms with Crippen molar-refractivity contribution < 1.29 is 18.0 Å². The Labute approximate surface area is 171 Å². The molecule has 0 saturated carbocycles. The predicted molar refractivity (Wildman–Crippen MR) is 117 cm³/mol. The van der Waals surface area contributed by atoms with Gasteiger partial charge >= 0.3 is 8.80 Å². The average molecular weight is 403 g/mol. The Morgan fingerprint density at radius 2 is 1.39 bits per heavy atom. The molecule has 2 rings (SSSR count). The van der Waals surface area contributed by atoms with Gasteiger partial charge in [-0.1, -0.05) is 55.5 Å². The molecule has 0 unspecified atom stereocenters. The van der Waals surface area contributed by atoms with Crippen molar-refractivity contribution in [2.75, 3.05) is 26.4 Å². The number of ether oxygens (including phenoxy) is 1. The Balaban J connectivity index is 2.09. The molecule has 0 aliphatic carbocycles. The van der Waals surface area contributed by atoms with E-state index in [9.17, 15) is 0 Å². The third kappa shape index (κ3) is 6.17. The zero-order chi connectivity index (χ0) is 20.2. The van der Waals surface area contributed by atoms with E-state index in [0.29, 0.717) is 26.4 Å². The molecule has 5 heteroatoms. The van der Waals surface area contributed by atoms with Gasteiger partial charge in [0.05, 0.1) is 6.61 Å². The first kappa shape index (κ1) is 22.6. The summed E-state index contributed by atoms with van der Waals surface area (Å²) >= 11 is 0. The highest BCUT2D eigenvalue weighted by molar-refractivity contribution is 6.60. The van der Waals surface area contributed by atoms with Crippen LogP contribution in [0, 0.1) is 0 Å². The molecule has 0 N–H and O–H groups in total. The predicted octanol–water partition coefficient (Wildman–Crippen LogP) is 5.73. The number of para-hydroxylation sites is 1. The van der Waals surface area contributed by atoms with Crippen LogP contribution in [0.5, 0.6) is 5.75 Å². The molecule has 0 fully saturated rings. The van der Waals surface area contributed by atoms with E-state index in [4.69, 9.17) is 18.0 Å². The molecular formula is C23H34O4Si. The lowest BCUT2D eigenvalue weighted by molar-refractivity contribution is 0.0696. The quantitative estimate of drug-likeness (QED) is 0.316. The zero-order valence-electron chi connectivity index (χ0n) is 17.7. The number of rotatable bonds is 13. The van der Waals surface area contributed by atoms with Crippen LogP contribution in [-0.4, -0.2) is 35.2 Å². The van der Waals surface area contributed by atoms with Gasteiger partial charge in [0.15, 0.2) is 0 Å². The van der Waals surface area contributed by atoms with Crippen molar-refractivity contribution in [1.29, 1.82) is 0 Å². The van der Waals surface area contributed by atoms with E-state index < -0.39 is 8.80 Å². The van der Waals surface area contributed by atoms with Crippen LogP contribution in [0.15, 0.2) is 48.5 Å². The van der Waals surface area contributed by atoms with E-state index in [-0.39, 0.29) is 0 Å². The third-order valence-corrected chi connectivity index (χ3v) is 7.68. The van der Waals surface area contributed by atoms with Crippen LogP contribution in [0.25, 0.3) is 11.1 Å². The van der Waals surface area contributed by atoms with Crippen molar-refractivity contribution >= 4 is 8.80 Å². The first-order chi connectivity index (χ1) is 13.7. The molecule has 0 bridgehead atoms. The van der Waals surface area contributed by atoms with Crippen LogP contribution in [0.2, 0.25) is 6.04 Å². The number of hydrogen-bond donors (Lipinski definition) is 0. The van der Waals surface area contributed by atoms with Gasteiger partial charge in [0.2, 0.25) is 0 Å². The minimum Gasteiger partial charge on any atom is -0.493 e. The average Bonchev–Trinajstić information content (AvgIpc) is 2.72. The van der Waals surface area contributed by atoms with E-state index in [1.165, 1.54) is 11.1 Å². The van der Waals surface area contributed by atoms with Gasteiger partial charge < -0.3 is 18.0 Å². The summed E-state index contributed by atoms with van der Waals surface area (Å²) in [6.07, 6.45) is 1.77. The maximum absolute atomic E-state index is 6.30. The standard InChI is InChI=1S/C23H34O4Si/c1-5-20-16-12-17-22(21-14-10-9-11-15-21)23(20)24-18-13-19-28(25-6-2,26-7-3)27-8-4/h9-12,14-17H,5-8,13,18-19H2,1-4H3. The third-order valence-electron chi connectivity index (χ3n) is 4.53. The monoisotopic (exact) mass is 402 g/mol. The molecular weight excluding hydrogens is 368 g/mol. The summed E-state index contributed by atoms with van der Waals surface area (Å²) in [5, 5.41) is 0. The van der Waals surface area contributed by atoms with Gasteiger partial charge in [-0.2, -0.15) is 0 Å². The summed E-state index contributed by atoms with van der Waals surface area (Å²) in [5.74, 6) is 0.979. The smallest absolute Gasteiger partial charge is 0.493 e. The normalized spacial score (nSPS) is 11.6. The molecule has 2 aromatic rings. The largest absolute Gasteiger partial charge is 0.501 e. The van der Waals surface area contributed by atoms with E-state index in [1.54, 1.807) is 0 Å². The van der Waals surface area contributed by atoms with Gasteiger partial charge in [-0.05, 0) is 44.7 Å². The maximum atomic E-state index is 6.30. The molecule has 0 radical (unpaired) electrons. The van der Waals surface area contributed by atoms with E-state index in [2.05, 4.69) is 49.4 Å². The van der Waals surface area contributed by atoms with Gasteiger partial charge in [-0.15, -0.1) is 0 Å². The lowest BCUT2D eigenvalue weighted by Crippen LogP contribution is -2.46. The van der Waals surface area contributed by atoms with E-state index >= 15 is 0 Å². The summed E-state index contributed by atoms with van der Waals surface area (Å²) in [6, 6.07) is 17.5. The molecule has 2 aromatic carbocycles.